The van der Waals surface area contributed by atoms with Gasteiger partial charge in [0.2, 0.25) is 11.8 Å². The molecule has 3 N–H and O–H groups in total. The number of quaternary nitrogens is 1. The van der Waals surface area contributed by atoms with E-state index in [1.54, 1.807) is 30.0 Å². The van der Waals surface area contributed by atoms with Gasteiger partial charge < -0.3 is 20.4 Å². The highest BCUT2D eigenvalue weighted by atomic mass is 35.5. The Kier molecular flexibility index (Phi) is 6.78. The second-order valence-corrected chi connectivity index (χ2v) is 6.58. The van der Waals surface area contributed by atoms with Crippen LogP contribution in [0.4, 0.5) is 5.69 Å². The van der Waals surface area contributed by atoms with Crippen molar-refractivity contribution in [3.8, 4) is 0 Å². The van der Waals surface area contributed by atoms with Gasteiger partial charge in [-0.1, -0.05) is 17.7 Å². The SMILES string of the molecule is CC(=O)N1CC[NH+](CC(=O)NCC(=O)Nc2cccc(Cl)c2C)CC1. The molecule has 0 bridgehead atoms. The third kappa shape index (κ3) is 5.72. The highest BCUT2D eigenvalue weighted by Crippen LogP contribution is 2.22. The Morgan fingerprint density at radius 1 is 1.20 bits per heavy atom. The first-order chi connectivity index (χ1) is 11.9. The molecule has 1 saturated heterocycles. The van der Waals surface area contributed by atoms with Crippen LogP contribution in [0.3, 0.4) is 0 Å². The first kappa shape index (κ1) is 19.2. The molecule has 0 aliphatic carbocycles. The summed E-state index contributed by atoms with van der Waals surface area (Å²) in [6.45, 7) is 6.38. The van der Waals surface area contributed by atoms with Crippen molar-refractivity contribution in [1.82, 2.24) is 10.2 Å². The van der Waals surface area contributed by atoms with Gasteiger partial charge >= 0.3 is 0 Å². The Morgan fingerprint density at radius 2 is 1.88 bits per heavy atom. The first-order valence-electron chi connectivity index (χ1n) is 8.27. The van der Waals surface area contributed by atoms with Gasteiger partial charge in [0.05, 0.1) is 32.7 Å². The Morgan fingerprint density at radius 3 is 2.52 bits per heavy atom. The Balaban J connectivity index is 1.72. The van der Waals surface area contributed by atoms with Crippen molar-refractivity contribution in [2.24, 2.45) is 0 Å². The van der Waals surface area contributed by atoms with Gasteiger partial charge in [-0.05, 0) is 24.6 Å². The molecule has 1 fully saturated rings. The van der Waals surface area contributed by atoms with E-state index >= 15 is 0 Å². The smallest absolute Gasteiger partial charge is 0.275 e. The number of halogens is 1. The van der Waals surface area contributed by atoms with Gasteiger partial charge in [-0.3, -0.25) is 14.4 Å². The van der Waals surface area contributed by atoms with Crippen molar-refractivity contribution in [2.45, 2.75) is 13.8 Å². The summed E-state index contributed by atoms with van der Waals surface area (Å²) in [4.78, 5) is 38.1. The minimum absolute atomic E-state index is 0.0662. The number of benzene rings is 1. The van der Waals surface area contributed by atoms with E-state index in [-0.39, 0.29) is 24.3 Å². The van der Waals surface area contributed by atoms with Gasteiger partial charge in [0, 0.05) is 17.6 Å². The molecule has 7 nitrogen and oxygen atoms in total. The summed E-state index contributed by atoms with van der Waals surface area (Å²) in [5.41, 5.74) is 1.43. The zero-order valence-corrected chi connectivity index (χ0v) is 15.3. The van der Waals surface area contributed by atoms with Crippen LogP contribution in [0.15, 0.2) is 18.2 Å². The lowest BCUT2D eigenvalue weighted by Crippen LogP contribution is -3.15. The van der Waals surface area contributed by atoms with Crippen LogP contribution in [-0.4, -0.2) is 61.9 Å². The molecule has 25 heavy (non-hydrogen) atoms. The van der Waals surface area contributed by atoms with E-state index in [9.17, 15) is 14.4 Å². The highest BCUT2D eigenvalue weighted by Gasteiger charge is 2.23. The maximum absolute atomic E-state index is 12.0. The third-order valence-electron chi connectivity index (χ3n) is 4.31. The molecule has 1 aromatic carbocycles. The van der Waals surface area contributed by atoms with Crippen LogP contribution in [0.1, 0.15) is 12.5 Å². The van der Waals surface area contributed by atoms with E-state index in [1.165, 1.54) is 0 Å². The lowest BCUT2D eigenvalue weighted by atomic mass is 10.2. The van der Waals surface area contributed by atoms with Gasteiger partial charge in [-0.2, -0.15) is 0 Å². The first-order valence-corrected chi connectivity index (χ1v) is 8.65. The molecule has 0 unspecified atom stereocenters. The summed E-state index contributed by atoms with van der Waals surface area (Å²) in [6.07, 6.45) is 0. The molecule has 3 amide bonds. The number of nitrogens with one attached hydrogen (secondary N) is 3. The maximum Gasteiger partial charge on any atom is 0.275 e. The summed E-state index contributed by atoms with van der Waals surface area (Å²) in [6, 6.07) is 5.27. The molecule has 2 rings (SSSR count). The molecule has 0 saturated carbocycles. The van der Waals surface area contributed by atoms with Gasteiger partial charge in [-0.25, -0.2) is 0 Å². The lowest BCUT2D eigenvalue weighted by Gasteiger charge is -2.31. The van der Waals surface area contributed by atoms with Crippen LogP contribution < -0.4 is 15.5 Å². The second-order valence-electron chi connectivity index (χ2n) is 6.17. The standard InChI is InChI=1S/C17H23ClN4O3/c1-12-14(18)4-3-5-15(12)20-16(24)10-19-17(25)11-21-6-8-22(9-7-21)13(2)23/h3-5H,6-11H2,1-2H3,(H,19,25)(H,20,24)/p+1. The molecule has 8 heteroatoms. The van der Waals surface area contributed by atoms with Gasteiger partial charge in [0.25, 0.3) is 5.91 Å². The molecular weight excluding hydrogens is 344 g/mol. The summed E-state index contributed by atoms with van der Waals surface area (Å²) in [5, 5.41) is 5.95. The molecule has 1 heterocycles. The van der Waals surface area contributed by atoms with Crippen molar-refractivity contribution in [3.63, 3.8) is 0 Å². The van der Waals surface area contributed by atoms with Crippen molar-refractivity contribution in [3.05, 3.63) is 28.8 Å². The summed E-state index contributed by atoms with van der Waals surface area (Å²) >= 11 is 6.01. The average Bonchev–Trinajstić information content (AvgIpc) is 2.58. The van der Waals surface area contributed by atoms with Crippen molar-refractivity contribution in [2.75, 3.05) is 44.6 Å². The van der Waals surface area contributed by atoms with Crippen LogP contribution in [0, 0.1) is 6.92 Å². The van der Waals surface area contributed by atoms with Gasteiger partial charge in [0.15, 0.2) is 6.54 Å². The number of hydrogen-bond donors (Lipinski definition) is 3. The van der Waals surface area contributed by atoms with Crippen molar-refractivity contribution < 1.29 is 19.3 Å². The molecular formula is C17H24ClN4O3+. The molecule has 0 atom stereocenters. The maximum atomic E-state index is 12.0. The number of anilines is 1. The number of amides is 3. The number of piperazine rings is 1. The Labute approximate surface area is 152 Å². The molecule has 1 aromatic rings. The number of rotatable bonds is 5. The van der Waals surface area contributed by atoms with E-state index in [2.05, 4.69) is 10.6 Å². The summed E-state index contributed by atoms with van der Waals surface area (Å²) in [5.74, 6) is -0.407. The number of nitrogens with zero attached hydrogens (tertiary/aromatic N) is 1. The normalized spacial score (nSPS) is 14.9. The highest BCUT2D eigenvalue weighted by molar-refractivity contribution is 6.31. The zero-order chi connectivity index (χ0) is 18.4. The minimum atomic E-state index is -0.296. The number of carbonyl (C=O) groups excluding carboxylic acids is 3. The second kappa shape index (κ2) is 8.82. The minimum Gasteiger partial charge on any atom is -0.342 e. The Bertz CT molecular complexity index is 657. The number of carbonyl (C=O) groups is 3. The lowest BCUT2D eigenvalue weighted by molar-refractivity contribution is -0.896. The van der Waals surface area contributed by atoms with Crippen LogP contribution in [0.2, 0.25) is 5.02 Å². The molecule has 0 radical (unpaired) electrons. The largest absolute Gasteiger partial charge is 0.342 e. The number of hydrogen-bond acceptors (Lipinski definition) is 3. The zero-order valence-electron chi connectivity index (χ0n) is 14.5. The fourth-order valence-electron chi connectivity index (χ4n) is 2.72. The van der Waals surface area contributed by atoms with E-state index in [1.807, 2.05) is 6.92 Å². The predicted octanol–water partition coefficient (Wildman–Crippen LogP) is -0.550. The fourth-order valence-corrected chi connectivity index (χ4v) is 2.89. The van der Waals surface area contributed by atoms with Gasteiger partial charge in [0.1, 0.15) is 0 Å². The summed E-state index contributed by atoms with van der Waals surface area (Å²) < 4.78 is 0. The molecule has 0 aromatic heterocycles. The van der Waals surface area contributed by atoms with Crippen LogP contribution in [0.5, 0.6) is 0 Å². The van der Waals surface area contributed by atoms with Gasteiger partial charge in [-0.15, -0.1) is 0 Å². The molecule has 1 aliphatic heterocycles. The van der Waals surface area contributed by atoms with Crippen LogP contribution in [-0.2, 0) is 14.4 Å². The van der Waals surface area contributed by atoms with E-state index in [0.29, 0.717) is 30.3 Å². The Hall–Kier alpha value is -2.12. The fraction of sp³-hybridized carbons (Fsp3) is 0.471. The van der Waals surface area contributed by atoms with E-state index < -0.39 is 0 Å². The average molecular weight is 368 g/mol. The predicted molar refractivity (Wildman–Crippen MR) is 95.6 cm³/mol. The van der Waals surface area contributed by atoms with Crippen LogP contribution >= 0.6 is 11.6 Å². The van der Waals surface area contributed by atoms with Crippen LogP contribution in [0.25, 0.3) is 0 Å². The third-order valence-corrected chi connectivity index (χ3v) is 4.72. The molecule has 0 spiro atoms. The van der Waals surface area contributed by atoms with Crippen molar-refractivity contribution >= 4 is 35.0 Å². The van der Waals surface area contributed by atoms with Crippen molar-refractivity contribution in [1.29, 1.82) is 0 Å². The topological polar surface area (TPSA) is 83.0 Å². The molecule has 1 aliphatic rings. The molecule has 136 valence electrons. The summed E-state index contributed by atoms with van der Waals surface area (Å²) in [7, 11) is 0. The van der Waals surface area contributed by atoms with E-state index in [0.717, 1.165) is 23.6 Å². The quantitative estimate of drug-likeness (QED) is 0.653. The monoisotopic (exact) mass is 367 g/mol. The van der Waals surface area contributed by atoms with E-state index in [4.69, 9.17) is 11.6 Å².